The standard InChI is InChI=1S/C29H45NO11/c1-6-8-10-14-36-27(33)40-23-13-12-21(17-24(23)41-28(34)37-15-11-9-7-2)22(25(30)26(31)32)16-20(5)39-29(35)38-18-19(3)4/h12-13,17,19-20,22,25H,6-11,14-16,18,30H2,1-5H3,(H,31,32)/t20?,22?,25-/m0/s1. The summed E-state index contributed by atoms with van der Waals surface area (Å²) >= 11 is 0. The maximum absolute atomic E-state index is 12.4. The van der Waals surface area contributed by atoms with E-state index in [9.17, 15) is 24.3 Å². The van der Waals surface area contributed by atoms with E-state index in [1.54, 1.807) is 6.92 Å². The Bertz CT molecular complexity index is 966. The first-order valence-corrected chi connectivity index (χ1v) is 14.1. The molecule has 0 radical (unpaired) electrons. The van der Waals surface area contributed by atoms with Gasteiger partial charge in [0, 0.05) is 5.92 Å². The number of carbonyl (C=O) groups is 4. The van der Waals surface area contributed by atoms with Gasteiger partial charge in [-0.2, -0.15) is 0 Å². The van der Waals surface area contributed by atoms with Crippen LogP contribution in [0, 0.1) is 5.92 Å². The topological polar surface area (TPSA) is 170 Å². The third kappa shape index (κ3) is 14.6. The minimum absolute atomic E-state index is 0.00479. The molecule has 0 aliphatic rings. The van der Waals surface area contributed by atoms with Gasteiger partial charge in [0.2, 0.25) is 0 Å². The van der Waals surface area contributed by atoms with E-state index in [1.807, 2.05) is 27.7 Å². The van der Waals surface area contributed by atoms with E-state index in [2.05, 4.69) is 0 Å². The molecule has 12 nitrogen and oxygen atoms in total. The molecular weight excluding hydrogens is 538 g/mol. The van der Waals surface area contributed by atoms with E-state index in [4.69, 9.17) is 34.2 Å². The van der Waals surface area contributed by atoms with Crippen molar-refractivity contribution >= 4 is 24.4 Å². The SMILES string of the molecule is CCCCCOC(=O)Oc1ccc(C(CC(C)OC(=O)OCC(C)C)[C@H](N)C(=O)O)cc1OC(=O)OCCCCC. The van der Waals surface area contributed by atoms with Crippen LogP contribution < -0.4 is 15.2 Å². The first-order valence-electron chi connectivity index (χ1n) is 14.1. The molecule has 0 amide bonds. The van der Waals surface area contributed by atoms with Crippen molar-refractivity contribution < 1.29 is 52.7 Å². The Balaban J connectivity index is 3.19. The normalized spacial score (nSPS) is 13.0. The van der Waals surface area contributed by atoms with Crippen LogP contribution in [0.25, 0.3) is 0 Å². The smallest absolute Gasteiger partial charge is 0.480 e. The number of unbranched alkanes of at least 4 members (excludes halogenated alkanes) is 4. The monoisotopic (exact) mass is 583 g/mol. The van der Waals surface area contributed by atoms with Crippen molar-refractivity contribution in [2.45, 2.75) is 97.6 Å². The summed E-state index contributed by atoms with van der Waals surface area (Å²) in [5, 5.41) is 9.65. The van der Waals surface area contributed by atoms with Gasteiger partial charge in [-0.1, -0.05) is 59.4 Å². The summed E-state index contributed by atoms with van der Waals surface area (Å²) in [7, 11) is 0. The molecule has 1 rings (SSSR count). The molecule has 2 unspecified atom stereocenters. The lowest BCUT2D eigenvalue weighted by atomic mass is 9.87. The number of nitrogens with two attached hydrogens (primary N) is 1. The van der Waals surface area contributed by atoms with Gasteiger partial charge in [-0.25, -0.2) is 14.4 Å². The fraction of sp³-hybridized carbons (Fsp3) is 0.655. The van der Waals surface area contributed by atoms with Crippen molar-refractivity contribution in [2.75, 3.05) is 19.8 Å². The van der Waals surface area contributed by atoms with Crippen LogP contribution in [0.3, 0.4) is 0 Å². The second-order valence-corrected chi connectivity index (χ2v) is 10.1. The van der Waals surface area contributed by atoms with E-state index in [-0.39, 0.29) is 43.7 Å². The molecule has 1 aromatic rings. The summed E-state index contributed by atoms with van der Waals surface area (Å²) in [6.07, 6.45) is 1.26. The minimum atomic E-state index is -1.41. The van der Waals surface area contributed by atoms with Gasteiger partial charge in [-0.05, 0) is 49.8 Å². The van der Waals surface area contributed by atoms with Gasteiger partial charge in [-0.15, -0.1) is 0 Å². The van der Waals surface area contributed by atoms with Crippen LogP contribution in [0.2, 0.25) is 0 Å². The minimum Gasteiger partial charge on any atom is -0.480 e. The highest BCUT2D eigenvalue weighted by Gasteiger charge is 2.30. The van der Waals surface area contributed by atoms with Crippen LogP contribution in [-0.2, 0) is 23.7 Å². The van der Waals surface area contributed by atoms with Crippen LogP contribution in [0.1, 0.15) is 91.0 Å². The zero-order chi connectivity index (χ0) is 30.8. The van der Waals surface area contributed by atoms with Crippen molar-refractivity contribution in [1.29, 1.82) is 0 Å². The molecule has 3 N–H and O–H groups in total. The van der Waals surface area contributed by atoms with Crippen molar-refractivity contribution in [2.24, 2.45) is 11.7 Å². The highest BCUT2D eigenvalue weighted by Crippen LogP contribution is 2.35. The molecule has 12 heteroatoms. The Morgan fingerprint density at radius 1 is 0.805 bits per heavy atom. The predicted octanol–water partition coefficient (Wildman–Crippen LogP) is 6.18. The molecule has 0 aromatic heterocycles. The van der Waals surface area contributed by atoms with E-state index in [1.165, 1.54) is 18.2 Å². The van der Waals surface area contributed by atoms with Gasteiger partial charge in [-0.3, -0.25) is 4.79 Å². The van der Waals surface area contributed by atoms with Crippen LogP contribution in [0.5, 0.6) is 11.5 Å². The van der Waals surface area contributed by atoms with Crippen LogP contribution in [-0.4, -0.2) is 61.5 Å². The molecule has 1 aromatic carbocycles. The highest BCUT2D eigenvalue weighted by molar-refractivity contribution is 5.75. The zero-order valence-corrected chi connectivity index (χ0v) is 24.7. The molecular formula is C29H45NO11. The maximum atomic E-state index is 12.4. The van der Waals surface area contributed by atoms with Crippen LogP contribution in [0.15, 0.2) is 18.2 Å². The zero-order valence-electron chi connectivity index (χ0n) is 24.7. The van der Waals surface area contributed by atoms with Crippen LogP contribution in [0.4, 0.5) is 14.4 Å². The Morgan fingerprint density at radius 3 is 1.88 bits per heavy atom. The number of hydrogen-bond donors (Lipinski definition) is 2. The van der Waals surface area contributed by atoms with Gasteiger partial charge >= 0.3 is 24.4 Å². The summed E-state index contributed by atoms with van der Waals surface area (Å²) in [6.45, 7) is 9.81. The molecule has 0 saturated heterocycles. The second-order valence-electron chi connectivity index (χ2n) is 10.1. The summed E-state index contributed by atoms with van der Waals surface area (Å²) in [5.41, 5.74) is 6.34. The van der Waals surface area contributed by atoms with Gasteiger partial charge in [0.05, 0.1) is 19.8 Å². The fourth-order valence-electron chi connectivity index (χ4n) is 3.67. The van der Waals surface area contributed by atoms with E-state index in [0.29, 0.717) is 18.4 Å². The fourth-order valence-corrected chi connectivity index (χ4v) is 3.67. The van der Waals surface area contributed by atoms with E-state index < -0.39 is 42.5 Å². The van der Waals surface area contributed by atoms with Gasteiger partial charge < -0.3 is 39.3 Å². The number of carboxylic acid groups (broad SMARTS) is 1. The summed E-state index contributed by atoms with van der Waals surface area (Å²) < 4.78 is 31.1. The number of carbonyl (C=O) groups excluding carboxylic acids is 3. The van der Waals surface area contributed by atoms with Crippen LogP contribution >= 0.6 is 0 Å². The molecule has 0 fully saturated rings. The van der Waals surface area contributed by atoms with Gasteiger partial charge in [0.1, 0.15) is 12.1 Å². The first-order chi connectivity index (χ1) is 19.5. The highest BCUT2D eigenvalue weighted by atomic mass is 16.7. The average Bonchev–Trinajstić information content (AvgIpc) is 2.91. The quantitative estimate of drug-likeness (QED) is 0.0871. The average molecular weight is 584 g/mol. The molecule has 0 aliphatic heterocycles. The van der Waals surface area contributed by atoms with Crippen molar-refractivity contribution in [3.8, 4) is 11.5 Å². The number of aliphatic carboxylic acids is 1. The number of benzene rings is 1. The van der Waals surface area contributed by atoms with Gasteiger partial charge in [0.15, 0.2) is 11.5 Å². The number of hydrogen-bond acceptors (Lipinski definition) is 11. The Hall–Kier alpha value is -3.54. The largest absolute Gasteiger partial charge is 0.513 e. The molecule has 0 bridgehead atoms. The molecule has 232 valence electrons. The number of ether oxygens (including phenoxy) is 6. The molecule has 0 heterocycles. The second kappa shape index (κ2) is 19.5. The molecule has 0 saturated carbocycles. The third-order valence-electron chi connectivity index (χ3n) is 5.85. The molecule has 0 spiro atoms. The Morgan fingerprint density at radius 2 is 1.37 bits per heavy atom. The van der Waals surface area contributed by atoms with E-state index >= 15 is 0 Å². The lowest BCUT2D eigenvalue weighted by molar-refractivity contribution is -0.139. The summed E-state index contributed by atoms with van der Waals surface area (Å²) in [4.78, 5) is 48.5. The summed E-state index contributed by atoms with van der Waals surface area (Å²) in [6, 6.07) is 2.75. The summed E-state index contributed by atoms with van der Waals surface area (Å²) in [5.74, 6) is -2.40. The van der Waals surface area contributed by atoms with Crippen molar-refractivity contribution in [3.63, 3.8) is 0 Å². The Labute approximate surface area is 241 Å². The lowest BCUT2D eigenvalue weighted by Gasteiger charge is -2.25. The molecule has 41 heavy (non-hydrogen) atoms. The number of carboxylic acids is 1. The predicted molar refractivity (Wildman–Crippen MR) is 149 cm³/mol. The lowest BCUT2D eigenvalue weighted by Crippen LogP contribution is -2.38. The maximum Gasteiger partial charge on any atom is 0.513 e. The number of rotatable bonds is 18. The molecule has 3 atom stereocenters. The first kappa shape index (κ1) is 35.5. The Kier molecular flexibility index (Phi) is 16.9. The molecule has 0 aliphatic carbocycles. The van der Waals surface area contributed by atoms with Crippen molar-refractivity contribution in [1.82, 2.24) is 0 Å². The van der Waals surface area contributed by atoms with Gasteiger partial charge in [0.25, 0.3) is 0 Å². The van der Waals surface area contributed by atoms with Crippen molar-refractivity contribution in [3.05, 3.63) is 23.8 Å². The van der Waals surface area contributed by atoms with E-state index in [0.717, 1.165) is 25.7 Å². The third-order valence-corrected chi connectivity index (χ3v) is 5.85.